The number of rotatable bonds is 59. The number of carbonyl (C=O) groups excluding carboxylic acids is 3. The van der Waals surface area contributed by atoms with Crippen LogP contribution in [-0.2, 0) is 28.6 Å². The fraction of sp³-hybridized carbons (Fsp3) is 0.783. The monoisotopic (exact) mass is 1050 g/mol. The van der Waals surface area contributed by atoms with Crippen LogP contribution in [0.25, 0.3) is 0 Å². The SMILES string of the molecule is CC/C=C\C/C=C\C/C=C\C/C=C\C/C=C\CCCC(=O)O[C@H](COC(=O)CCCCCCCCCCCCC/C=C\CCCCCCCC)COC(=O)CCCCCCCCCCCCCCCCCCCCC. The first kappa shape index (κ1) is 71.8. The lowest BCUT2D eigenvalue weighted by atomic mass is 10.0. The topological polar surface area (TPSA) is 78.9 Å². The molecule has 0 radical (unpaired) electrons. The van der Waals surface area contributed by atoms with Gasteiger partial charge in [0, 0.05) is 19.3 Å². The first-order valence-electron chi connectivity index (χ1n) is 32.4. The van der Waals surface area contributed by atoms with Crippen LogP contribution >= 0.6 is 0 Å². The summed E-state index contributed by atoms with van der Waals surface area (Å²) in [6.45, 7) is 6.52. The van der Waals surface area contributed by atoms with E-state index in [2.05, 4.69) is 93.7 Å². The van der Waals surface area contributed by atoms with Gasteiger partial charge in [-0.15, -0.1) is 0 Å². The molecule has 0 N–H and O–H groups in total. The van der Waals surface area contributed by atoms with Gasteiger partial charge in [0.2, 0.25) is 0 Å². The highest BCUT2D eigenvalue weighted by Gasteiger charge is 2.19. The van der Waals surface area contributed by atoms with E-state index in [0.717, 1.165) is 77.0 Å². The highest BCUT2D eigenvalue weighted by Crippen LogP contribution is 2.17. The molecule has 0 saturated heterocycles. The Labute approximate surface area is 465 Å². The van der Waals surface area contributed by atoms with Crippen molar-refractivity contribution in [3.63, 3.8) is 0 Å². The van der Waals surface area contributed by atoms with Crippen LogP contribution in [0.15, 0.2) is 72.9 Å². The van der Waals surface area contributed by atoms with Gasteiger partial charge in [-0.3, -0.25) is 14.4 Å². The molecule has 6 heteroatoms. The van der Waals surface area contributed by atoms with Crippen molar-refractivity contribution < 1.29 is 28.6 Å². The van der Waals surface area contributed by atoms with Gasteiger partial charge in [0.05, 0.1) is 0 Å². The maximum Gasteiger partial charge on any atom is 0.306 e. The molecule has 0 aromatic rings. The van der Waals surface area contributed by atoms with Gasteiger partial charge in [0.15, 0.2) is 6.10 Å². The first-order chi connectivity index (χ1) is 37.0. The van der Waals surface area contributed by atoms with Gasteiger partial charge in [0.1, 0.15) is 13.2 Å². The molecule has 0 amide bonds. The third-order valence-electron chi connectivity index (χ3n) is 14.2. The minimum absolute atomic E-state index is 0.0948. The van der Waals surface area contributed by atoms with E-state index in [1.165, 1.54) is 205 Å². The average Bonchev–Trinajstić information content (AvgIpc) is 3.41. The molecule has 0 heterocycles. The Morgan fingerprint density at radius 1 is 0.280 bits per heavy atom. The molecule has 75 heavy (non-hydrogen) atoms. The van der Waals surface area contributed by atoms with Gasteiger partial charge in [-0.25, -0.2) is 0 Å². The maximum absolute atomic E-state index is 12.9. The van der Waals surface area contributed by atoms with Crippen LogP contribution in [-0.4, -0.2) is 37.2 Å². The molecule has 434 valence electrons. The van der Waals surface area contributed by atoms with E-state index in [9.17, 15) is 14.4 Å². The second-order valence-electron chi connectivity index (χ2n) is 21.6. The summed E-state index contributed by atoms with van der Waals surface area (Å²) in [6, 6.07) is 0. The molecule has 1 atom stereocenters. The third-order valence-corrected chi connectivity index (χ3v) is 14.2. The standard InChI is InChI=1S/C69H122O6/c1-4-7-10-13-16-19-22-25-28-31-33-34-36-39-41-44-47-50-53-56-59-62-68(71)74-65-66(75-69(72)63-60-57-54-51-48-45-42-37-30-27-24-21-18-15-12-9-6-3)64-73-67(70)61-58-55-52-49-46-43-40-38-35-32-29-26-23-20-17-14-11-8-5-2/h9,12,18,21,25,27-28,30,42,45,51,54,66H,4-8,10-11,13-17,19-20,22-24,26,29,31-41,43-44,46-50,52-53,55-65H2,1-3H3/b12-9-,21-18-,28-25-,30-27-,45-42-,54-51-/t66-/m0/s1. The summed E-state index contributed by atoms with van der Waals surface area (Å²) in [5.74, 6) is -0.937. The highest BCUT2D eigenvalue weighted by molar-refractivity contribution is 5.71. The summed E-state index contributed by atoms with van der Waals surface area (Å²) in [4.78, 5) is 38.3. The third kappa shape index (κ3) is 61.6. The largest absolute Gasteiger partial charge is 0.462 e. The number of hydrogen-bond acceptors (Lipinski definition) is 6. The Kier molecular flexibility index (Phi) is 60.7. The van der Waals surface area contributed by atoms with E-state index in [4.69, 9.17) is 14.2 Å². The van der Waals surface area contributed by atoms with Crippen LogP contribution in [0.1, 0.15) is 329 Å². The van der Waals surface area contributed by atoms with Crippen molar-refractivity contribution >= 4 is 17.9 Å². The van der Waals surface area contributed by atoms with Gasteiger partial charge in [0.25, 0.3) is 0 Å². The number of hydrogen-bond donors (Lipinski definition) is 0. The lowest BCUT2D eigenvalue weighted by Crippen LogP contribution is -2.30. The Balaban J connectivity index is 4.40. The van der Waals surface area contributed by atoms with Gasteiger partial charge in [-0.2, -0.15) is 0 Å². The predicted molar refractivity (Wildman–Crippen MR) is 325 cm³/mol. The summed E-state index contributed by atoms with van der Waals surface area (Å²) in [5, 5.41) is 0. The minimum Gasteiger partial charge on any atom is -0.462 e. The van der Waals surface area contributed by atoms with E-state index in [1.807, 2.05) is 0 Å². The van der Waals surface area contributed by atoms with Crippen molar-refractivity contribution in [3.05, 3.63) is 72.9 Å². The maximum atomic E-state index is 12.9. The zero-order valence-corrected chi connectivity index (χ0v) is 49.8. The molecule has 0 aromatic carbocycles. The molecule has 0 aliphatic rings. The van der Waals surface area contributed by atoms with Gasteiger partial charge in [-0.05, 0) is 83.5 Å². The smallest absolute Gasteiger partial charge is 0.306 e. The van der Waals surface area contributed by atoms with Crippen LogP contribution in [0, 0.1) is 0 Å². The molecule has 0 aliphatic heterocycles. The molecule has 0 aromatic heterocycles. The normalized spacial score (nSPS) is 12.5. The van der Waals surface area contributed by atoms with Crippen molar-refractivity contribution in [2.75, 3.05) is 13.2 Å². The lowest BCUT2D eigenvalue weighted by molar-refractivity contribution is -0.167. The Hall–Kier alpha value is -3.15. The molecule has 0 fully saturated rings. The van der Waals surface area contributed by atoms with E-state index in [-0.39, 0.29) is 37.5 Å². The van der Waals surface area contributed by atoms with E-state index >= 15 is 0 Å². The van der Waals surface area contributed by atoms with Crippen LogP contribution in [0.4, 0.5) is 0 Å². The molecule has 0 spiro atoms. The summed E-state index contributed by atoms with van der Waals surface area (Å²) >= 11 is 0. The summed E-state index contributed by atoms with van der Waals surface area (Å²) < 4.78 is 16.9. The molecule has 0 unspecified atom stereocenters. The molecular formula is C69H122O6. The van der Waals surface area contributed by atoms with Gasteiger partial charge in [-0.1, -0.05) is 299 Å². The number of esters is 3. The quantitative estimate of drug-likeness (QED) is 0.0261. The predicted octanol–water partition coefficient (Wildman–Crippen LogP) is 22.1. The molecule has 0 saturated carbocycles. The number of carbonyl (C=O) groups is 3. The Morgan fingerprint density at radius 3 is 0.867 bits per heavy atom. The number of unbranched alkanes of at least 4 members (excludes halogenated alkanes) is 36. The number of allylic oxidation sites excluding steroid dienone is 12. The summed E-state index contributed by atoms with van der Waals surface area (Å²) in [6.07, 6.45) is 82.0. The Bertz CT molecular complexity index is 1390. The Morgan fingerprint density at radius 2 is 0.533 bits per heavy atom. The molecule has 6 nitrogen and oxygen atoms in total. The van der Waals surface area contributed by atoms with Crippen molar-refractivity contribution in [2.24, 2.45) is 0 Å². The van der Waals surface area contributed by atoms with Crippen molar-refractivity contribution in [2.45, 2.75) is 335 Å². The van der Waals surface area contributed by atoms with Crippen LogP contribution in [0.5, 0.6) is 0 Å². The average molecular weight is 1050 g/mol. The van der Waals surface area contributed by atoms with Gasteiger partial charge < -0.3 is 14.2 Å². The van der Waals surface area contributed by atoms with Crippen LogP contribution in [0.3, 0.4) is 0 Å². The lowest BCUT2D eigenvalue weighted by Gasteiger charge is -2.18. The summed E-state index contributed by atoms with van der Waals surface area (Å²) in [5.41, 5.74) is 0. The van der Waals surface area contributed by atoms with E-state index in [1.54, 1.807) is 0 Å². The highest BCUT2D eigenvalue weighted by atomic mass is 16.6. The minimum atomic E-state index is -0.805. The zero-order chi connectivity index (χ0) is 54.3. The van der Waals surface area contributed by atoms with E-state index < -0.39 is 6.10 Å². The fourth-order valence-electron chi connectivity index (χ4n) is 9.36. The van der Waals surface area contributed by atoms with E-state index in [0.29, 0.717) is 19.3 Å². The molecule has 0 bridgehead atoms. The van der Waals surface area contributed by atoms with Crippen molar-refractivity contribution in [3.8, 4) is 0 Å². The molecule has 0 rings (SSSR count). The van der Waals surface area contributed by atoms with Crippen LogP contribution in [0.2, 0.25) is 0 Å². The first-order valence-corrected chi connectivity index (χ1v) is 32.4. The van der Waals surface area contributed by atoms with Crippen molar-refractivity contribution in [1.29, 1.82) is 0 Å². The van der Waals surface area contributed by atoms with Gasteiger partial charge >= 0.3 is 17.9 Å². The molecular weight excluding hydrogens is 925 g/mol. The second-order valence-corrected chi connectivity index (χ2v) is 21.6. The summed E-state index contributed by atoms with van der Waals surface area (Å²) in [7, 11) is 0. The van der Waals surface area contributed by atoms with Crippen LogP contribution < -0.4 is 0 Å². The zero-order valence-electron chi connectivity index (χ0n) is 49.8. The van der Waals surface area contributed by atoms with Crippen molar-refractivity contribution in [1.82, 2.24) is 0 Å². The molecule has 0 aliphatic carbocycles. The fourth-order valence-corrected chi connectivity index (χ4v) is 9.36. The number of ether oxygens (including phenoxy) is 3. The second kappa shape index (κ2) is 63.4.